The third-order valence-corrected chi connectivity index (χ3v) is 4.26. The van der Waals surface area contributed by atoms with E-state index in [1.807, 2.05) is 0 Å². The van der Waals surface area contributed by atoms with Crippen LogP contribution in [0.5, 0.6) is 0 Å². The molecular weight excluding hydrogens is 254 g/mol. The minimum atomic E-state index is -0.228. The van der Waals surface area contributed by atoms with Crippen LogP contribution in [0.2, 0.25) is 0 Å². The normalized spacial score (nSPS) is 19.6. The highest BCUT2D eigenvalue weighted by Gasteiger charge is 2.38. The second kappa shape index (κ2) is 4.59. The smallest absolute Gasteiger partial charge is 0.261 e. The number of anilines is 1. The predicted octanol–water partition coefficient (Wildman–Crippen LogP) is 1.35. The Kier molecular flexibility index (Phi) is 3.01. The lowest BCUT2D eigenvalue weighted by Gasteiger charge is -2.27. The zero-order valence-electron chi connectivity index (χ0n) is 11.8. The van der Waals surface area contributed by atoms with Crippen LogP contribution in [-0.2, 0) is 0 Å². The molecule has 1 unspecified atom stereocenters. The first-order valence-electron chi connectivity index (χ1n) is 6.96. The molecule has 0 spiro atoms. The first-order valence-corrected chi connectivity index (χ1v) is 6.96. The van der Waals surface area contributed by atoms with Gasteiger partial charge in [-0.3, -0.25) is 19.4 Å². The van der Waals surface area contributed by atoms with Crippen molar-refractivity contribution >= 4 is 17.5 Å². The van der Waals surface area contributed by atoms with Crippen molar-refractivity contribution in [3.63, 3.8) is 0 Å². The van der Waals surface area contributed by atoms with Gasteiger partial charge >= 0.3 is 0 Å². The number of imide groups is 1. The highest BCUT2D eigenvalue weighted by Crippen LogP contribution is 2.29. The van der Waals surface area contributed by atoms with E-state index >= 15 is 0 Å². The number of nitrogens with zero attached hydrogens (tertiary/aromatic N) is 2. The minimum Gasteiger partial charge on any atom is -0.399 e. The molecule has 1 fully saturated rings. The van der Waals surface area contributed by atoms with Gasteiger partial charge in [0.2, 0.25) is 0 Å². The van der Waals surface area contributed by atoms with Gasteiger partial charge in [0, 0.05) is 24.3 Å². The fourth-order valence-electron chi connectivity index (χ4n) is 2.71. The van der Waals surface area contributed by atoms with Crippen molar-refractivity contribution < 1.29 is 9.59 Å². The molecule has 5 nitrogen and oxygen atoms in total. The molecule has 2 amide bonds. The van der Waals surface area contributed by atoms with Crippen molar-refractivity contribution in [1.82, 2.24) is 9.80 Å². The molecule has 1 heterocycles. The van der Waals surface area contributed by atoms with E-state index in [1.54, 1.807) is 18.2 Å². The topological polar surface area (TPSA) is 66.6 Å². The van der Waals surface area contributed by atoms with Crippen molar-refractivity contribution in [2.75, 3.05) is 19.3 Å². The van der Waals surface area contributed by atoms with Crippen molar-refractivity contribution in [1.29, 1.82) is 0 Å². The Balaban J connectivity index is 1.79. The van der Waals surface area contributed by atoms with E-state index in [1.165, 1.54) is 17.7 Å². The molecule has 3 rings (SSSR count). The third kappa shape index (κ3) is 2.08. The lowest BCUT2D eigenvalue weighted by Crippen LogP contribution is -2.43. The van der Waals surface area contributed by atoms with Crippen LogP contribution in [0.25, 0.3) is 0 Å². The maximum absolute atomic E-state index is 12.3. The largest absolute Gasteiger partial charge is 0.399 e. The van der Waals surface area contributed by atoms with Gasteiger partial charge in [-0.1, -0.05) is 0 Å². The van der Waals surface area contributed by atoms with Gasteiger partial charge in [0.15, 0.2) is 0 Å². The van der Waals surface area contributed by atoms with E-state index in [9.17, 15) is 9.59 Å². The Bertz CT molecular complexity index is 580. The van der Waals surface area contributed by atoms with Crippen LogP contribution in [0.15, 0.2) is 18.2 Å². The number of hydrogen-bond acceptors (Lipinski definition) is 4. The van der Waals surface area contributed by atoms with Gasteiger partial charge in [-0.15, -0.1) is 0 Å². The SMILES string of the molecule is CC(CN1C(=O)c2ccc(N)cc2C1=O)N(C)C1CC1. The van der Waals surface area contributed by atoms with E-state index < -0.39 is 0 Å². The Hall–Kier alpha value is -1.88. The van der Waals surface area contributed by atoms with Crippen LogP contribution in [0, 0.1) is 0 Å². The molecule has 0 bridgehead atoms. The number of hydrogen-bond donors (Lipinski definition) is 1. The summed E-state index contributed by atoms with van der Waals surface area (Å²) < 4.78 is 0. The molecule has 1 aliphatic carbocycles. The number of fused-ring (bicyclic) bond motifs is 1. The molecule has 1 aliphatic heterocycles. The molecule has 1 aromatic carbocycles. The van der Waals surface area contributed by atoms with Gasteiger partial charge in [0.25, 0.3) is 11.8 Å². The molecule has 1 aromatic rings. The maximum Gasteiger partial charge on any atom is 0.261 e. The third-order valence-electron chi connectivity index (χ3n) is 4.26. The minimum absolute atomic E-state index is 0.169. The fraction of sp³-hybridized carbons (Fsp3) is 0.467. The molecule has 0 radical (unpaired) electrons. The quantitative estimate of drug-likeness (QED) is 0.664. The van der Waals surface area contributed by atoms with Gasteiger partial charge in [-0.2, -0.15) is 0 Å². The molecule has 0 saturated heterocycles. The number of nitrogens with two attached hydrogens (primary N) is 1. The highest BCUT2D eigenvalue weighted by molar-refractivity contribution is 6.21. The summed E-state index contributed by atoms with van der Waals surface area (Å²) in [4.78, 5) is 28.2. The van der Waals surface area contributed by atoms with E-state index in [-0.39, 0.29) is 17.9 Å². The Morgan fingerprint density at radius 1 is 1.30 bits per heavy atom. The summed E-state index contributed by atoms with van der Waals surface area (Å²) in [6, 6.07) is 5.66. The molecule has 1 saturated carbocycles. The summed E-state index contributed by atoms with van der Waals surface area (Å²) >= 11 is 0. The number of carbonyl (C=O) groups excluding carboxylic acids is 2. The van der Waals surface area contributed by atoms with Crippen molar-refractivity contribution in [3.05, 3.63) is 29.3 Å². The number of rotatable bonds is 4. The van der Waals surface area contributed by atoms with E-state index in [0.29, 0.717) is 29.4 Å². The molecule has 0 aromatic heterocycles. The maximum atomic E-state index is 12.3. The Morgan fingerprint density at radius 3 is 2.60 bits per heavy atom. The number of likely N-dealkylation sites (N-methyl/N-ethyl adjacent to an activating group) is 1. The molecule has 2 aliphatic rings. The average Bonchev–Trinajstić information content (AvgIpc) is 3.23. The fourth-order valence-corrected chi connectivity index (χ4v) is 2.71. The lowest BCUT2D eigenvalue weighted by atomic mass is 10.1. The Labute approximate surface area is 118 Å². The van der Waals surface area contributed by atoms with Gasteiger partial charge in [-0.25, -0.2) is 0 Å². The van der Waals surface area contributed by atoms with Crippen molar-refractivity contribution in [2.45, 2.75) is 31.8 Å². The predicted molar refractivity (Wildman–Crippen MR) is 76.5 cm³/mol. The summed E-state index contributed by atoms with van der Waals surface area (Å²) in [7, 11) is 2.05. The van der Waals surface area contributed by atoms with Gasteiger partial charge in [0.1, 0.15) is 0 Å². The summed E-state index contributed by atoms with van der Waals surface area (Å²) in [5.74, 6) is -0.436. The molecule has 1 atom stereocenters. The van der Waals surface area contributed by atoms with Crippen LogP contribution in [0.4, 0.5) is 5.69 Å². The van der Waals surface area contributed by atoms with Crippen molar-refractivity contribution in [3.8, 4) is 0 Å². The van der Waals surface area contributed by atoms with Gasteiger partial charge in [0.05, 0.1) is 11.1 Å². The van der Waals surface area contributed by atoms with Crippen molar-refractivity contribution in [2.24, 2.45) is 0 Å². The Morgan fingerprint density at radius 2 is 1.95 bits per heavy atom. The van der Waals surface area contributed by atoms with E-state index in [0.717, 1.165) is 0 Å². The molecule has 106 valence electrons. The monoisotopic (exact) mass is 273 g/mol. The van der Waals surface area contributed by atoms with E-state index in [2.05, 4.69) is 18.9 Å². The molecule has 5 heteroatoms. The van der Waals surface area contributed by atoms with Crippen LogP contribution in [0.3, 0.4) is 0 Å². The van der Waals surface area contributed by atoms with E-state index in [4.69, 9.17) is 5.73 Å². The number of nitrogen functional groups attached to an aromatic ring is 1. The molecule has 2 N–H and O–H groups in total. The number of carbonyl (C=O) groups is 2. The summed E-state index contributed by atoms with van der Waals surface area (Å²) in [6.45, 7) is 2.48. The van der Waals surface area contributed by atoms with Crippen LogP contribution >= 0.6 is 0 Å². The first-order chi connectivity index (χ1) is 9.49. The number of benzene rings is 1. The lowest BCUT2D eigenvalue weighted by molar-refractivity contribution is 0.0606. The van der Waals surface area contributed by atoms with Crippen LogP contribution in [0.1, 0.15) is 40.5 Å². The summed E-state index contributed by atoms with van der Waals surface area (Å²) in [5.41, 5.74) is 7.09. The second-order valence-corrected chi connectivity index (χ2v) is 5.77. The van der Waals surface area contributed by atoms with Crippen LogP contribution < -0.4 is 5.73 Å². The standard InChI is InChI=1S/C15H19N3O2/c1-9(17(2)11-4-5-11)8-18-14(19)12-6-3-10(16)7-13(12)15(18)20/h3,6-7,9,11H,4-5,8,16H2,1-2H3. The van der Waals surface area contributed by atoms with Gasteiger partial charge in [-0.05, 0) is 45.0 Å². The highest BCUT2D eigenvalue weighted by atomic mass is 16.2. The zero-order chi connectivity index (χ0) is 14.4. The zero-order valence-corrected chi connectivity index (χ0v) is 11.8. The summed E-state index contributed by atoms with van der Waals surface area (Å²) in [6.07, 6.45) is 2.42. The van der Waals surface area contributed by atoms with Gasteiger partial charge < -0.3 is 5.73 Å². The molecular formula is C15H19N3O2. The van der Waals surface area contributed by atoms with Crippen LogP contribution in [-0.4, -0.2) is 47.3 Å². The second-order valence-electron chi connectivity index (χ2n) is 5.77. The summed E-state index contributed by atoms with van der Waals surface area (Å²) in [5, 5.41) is 0. The first kappa shape index (κ1) is 13.1. The number of amides is 2. The molecule has 20 heavy (non-hydrogen) atoms. The average molecular weight is 273 g/mol.